The highest BCUT2D eigenvalue weighted by atomic mass is 16.4. The van der Waals surface area contributed by atoms with Crippen molar-refractivity contribution in [3.8, 4) is 0 Å². The molecule has 0 unspecified atom stereocenters. The van der Waals surface area contributed by atoms with Crippen molar-refractivity contribution in [2.75, 3.05) is 0 Å². The molecule has 0 aliphatic heterocycles. The molecule has 10 heavy (non-hydrogen) atoms. The van der Waals surface area contributed by atoms with Crippen LogP contribution in [0.3, 0.4) is 0 Å². The van der Waals surface area contributed by atoms with Gasteiger partial charge in [-0.05, 0) is 0 Å². The molecule has 6 nitrogen and oxygen atoms in total. The monoisotopic (exact) mass is 147 g/mol. The summed E-state index contributed by atoms with van der Waals surface area (Å²) in [4.78, 5) is 29.3. The van der Waals surface area contributed by atoms with Crippen LogP contribution in [0.5, 0.6) is 0 Å². The van der Waals surface area contributed by atoms with Gasteiger partial charge in [0.05, 0.1) is 6.42 Å². The first-order valence-corrected chi connectivity index (χ1v) is 2.35. The number of aliphatic carboxylic acids is 2. The zero-order chi connectivity index (χ0) is 8.15. The standard InChI is InChI=1S/C4H5NO5/c6-3(7)1-2(5-10)4(8)9/h2H,1H2,(H,6,7)(H,8,9)/t2-/m1/s1. The minimum Gasteiger partial charge on any atom is -0.481 e. The Kier molecular flexibility index (Phi) is 3.03. The molecule has 0 bridgehead atoms. The van der Waals surface area contributed by atoms with E-state index in [0.717, 1.165) is 0 Å². The highest BCUT2D eigenvalue weighted by Gasteiger charge is 2.20. The van der Waals surface area contributed by atoms with Crippen molar-refractivity contribution in [1.82, 2.24) is 0 Å². The van der Waals surface area contributed by atoms with Crippen LogP contribution in [0.1, 0.15) is 6.42 Å². The second-order valence-corrected chi connectivity index (χ2v) is 1.56. The number of rotatable bonds is 4. The van der Waals surface area contributed by atoms with E-state index in [2.05, 4.69) is 5.18 Å². The summed E-state index contributed by atoms with van der Waals surface area (Å²) in [7, 11) is 0. The molecule has 0 heterocycles. The highest BCUT2D eigenvalue weighted by molar-refractivity contribution is 5.80. The molecule has 0 fully saturated rings. The Hall–Kier alpha value is -1.46. The van der Waals surface area contributed by atoms with Crippen molar-refractivity contribution < 1.29 is 19.8 Å². The van der Waals surface area contributed by atoms with Gasteiger partial charge in [-0.3, -0.25) is 4.79 Å². The number of carboxylic acid groups (broad SMARTS) is 2. The van der Waals surface area contributed by atoms with E-state index in [4.69, 9.17) is 10.2 Å². The fourth-order valence-electron chi connectivity index (χ4n) is 0.335. The van der Waals surface area contributed by atoms with Crippen LogP contribution in [-0.2, 0) is 9.59 Å². The van der Waals surface area contributed by atoms with Crippen LogP contribution in [0.4, 0.5) is 0 Å². The SMILES string of the molecule is O=N[C@H](CC(=O)O)C(=O)O. The first-order chi connectivity index (χ1) is 4.57. The van der Waals surface area contributed by atoms with Crippen molar-refractivity contribution in [2.45, 2.75) is 12.5 Å². The summed E-state index contributed by atoms with van der Waals surface area (Å²) in [5.74, 6) is -2.87. The second-order valence-electron chi connectivity index (χ2n) is 1.56. The summed E-state index contributed by atoms with van der Waals surface area (Å²) in [6, 6.07) is -1.67. The molecule has 0 aliphatic rings. The number of hydrogen-bond acceptors (Lipinski definition) is 4. The zero-order valence-corrected chi connectivity index (χ0v) is 4.85. The molecule has 0 radical (unpaired) electrons. The lowest BCUT2D eigenvalue weighted by Crippen LogP contribution is -2.20. The van der Waals surface area contributed by atoms with Crippen LogP contribution in [0.2, 0.25) is 0 Å². The van der Waals surface area contributed by atoms with E-state index < -0.39 is 24.4 Å². The first kappa shape index (κ1) is 8.54. The predicted molar refractivity (Wildman–Crippen MR) is 29.5 cm³/mol. The molecule has 0 amide bonds. The molecule has 0 rings (SSSR count). The maximum Gasteiger partial charge on any atom is 0.332 e. The Morgan fingerprint density at radius 2 is 1.90 bits per heavy atom. The number of carboxylic acids is 2. The average molecular weight is 147 g/mol. The molecule has 0 aromatic rings. The molecule has 0 aromatic heterocycles. The highest BCUT2D eigenvalue weighted by Crippen LogP contribution is 1.96. The normalized spacial score (nSPS) is 12.0. The number of hydrogen-bond donors (Lipinski definition) is 2. The quantitative estimate of drug-likeness (QED) is 0.530. The van der Waals surface area contributed by atoms with Gasteiger partial charge in [0, 0.05) is 0 Å². The van der Waals surface area contributed by atoms with Gasteiger partial charge in [-0.15, -0.1) is 4.91 Å². The lowest BCUT2D eigenvalue weighted by molar-refractivity contribution is -0.144. The van der Waals surface area contributed by atoms with Crippen LogP contribution in [-0.4, -0.2) is 28.2 Å². The Labute approximate surface area is 55.4 Å². The van der Waals surface area contributed by atoms with E-state index in [1.807, 2.05) is 0 Å². The second kappa shape index (κ2) is 3.54. The van der Waals surface area contributed by atoms with Gasteiger partial charge in [-0.1, -0.05) is 5.18 Å². The minimum absolute atomic E-state index is 0.765. The average Bonchev–Trinajstić information content (AvgIpc) is 1.81. The molecular weight excluding hydrogens is 142 g/mol. The predicted octanol–water partition coefficient (Wildman–Crippen LogP) is -0.319. The Morgan fingerprint density at radius 3 is 2.00 bits per heavy atom. The molecule has 6 heteroatoms. The van der Waals surface area contributed by atoms with Gasteiger partial charge in [0.2, 0.25) is 0 Å². The van der Waals surface area contributed by atoms with Crippen LogP contribution < -0.4 is 0 Å². The summed E-state index contributed by atoms with van der Waals surface area (Å²) < 4.78 is 0. The lowest BCUT2D eigenvalue weighted by atomic mass is 10.2. The number of nitroso groups, excluding NO2 is 1. The van der Waals surface area contributed by atoms with E-state index in [9.17, 15) is 14.5 Å². The smallest absolute Gasteiger partial charge is 0.332 e. The third-order valence-electron chi connectivity index (χ3n) is 0.780. The van der Waals surface area contributed by atoms with E-state index in [1.54, 1.807) is 0 Å². The van der Waals surface area contributed by atoms with Crippen LogP contribution in [0.15, 0.2) is 5.18 Å². The maximum absolute atomic E-state index is 9.91. The zero-order valence-electron chi connectivity index (χ0n) is 4.85. The molecule has 0 saturated carbocycles. The summed E-state index contributed by atoms with van der Waals surface area (Å²) in [6.07, 6.45) is -0.765. The number of carbonyl (C=O) groups is 2. The van der Waals surface area contributed by atoms with Gasteiger partial charge in [-0.2, -0.15) is 0 Å². The largest absolute Gasteiger partial charge is 0.481 e. The van der Waals surface area contributed by atoms with Gasteiger partial charge in [0.15, 0.2) is 6.04 Å². The number of nitrogens with zero attached hydrogens (tertiary/aromatic N) is 1. The molecular formula is C4H5NO5. The van der Waals surface area contributed by atoms with Crippen molar-refractivity contribution in [1.29, 1.82) is 0 Å². The van der Waals surface area contributed by atoms with Crippen LogP contribution in [0.25, 0.3) is 0 Å². The maximum atomic E-state index is 9.91. The molecule has 0 aliphatic carbocycles. The summed E-state index contributed by atoms with van der Waals surface area (Å²) >= 11 is 0. The van der Waals surface area contributed by atoms with Crippen molar-refractivity contribution in [2.24, 2.45) is 5.18 Å². The molecule has 0 saturated heterocycles. The molecule has 56 valence electrons. The Morgan fingerprint density at radius 1 is 1.40 bits per heavy atom. The Balaban J connectivity index is 3.96. The van der Waals surface area contributed by atoms with Gasteiger partial charge in [0.25, 0.3) is 0 Å². The molecule has 0 aromatic carbocycles. The summed E-state index contributed by atoms with van der Waals surface area (Å²) in [6.45, 7) is 0. The van der Waals surface area contributed by atoms with Crippen molar-refractivity contribution in [3.63, 3.8) is 0 Å². The third kappa shape index (κ3) is 2.75. The van der Waals surface area contributed by atoms with E-state index in [1.165, 1.54) is 0 Å². The van der Waals surface area contributed by atoms with Crippen LogP contribution >= 0.6 is 0 Å². The van der Waals surface area contributed by atoms with Crippen molar-refractivity contribution in [3.05, 3.63) is 4.91 Å². The summed E-state index contributed by atoms with van der Waals surface area (Å²) in [5.41, 5.74) is 0. The lowest BCUT2D eigenvalue weighted by Gasteiger charge is -1.96. The van der Waals surface area contributed by atoms with E-state index in [0.29, 0.717) is 0 Å². The molecule has 0 spiro atoms. The third-order valence-corrected chi connectivity index (χ3v) is 0.780. The van der Waals surface area contributed by atoms with Gasteiger partial charge in [0.1, 0.15) is 0 Å². The topological polar surface area (TPSA) is 104 Å². The Bertz CT molecular complexity index is 165. The van der Waals surface area contributed by atoms with E-state index >= 15 is 0 Å². The van der Waals surface area contributed by atoms with Crippen LogP contribution in [0, 0.1) is 4.91 Å². The fourth-order valence-corrected chi connectivity index (χ4v) is 0.335. The molecule has 2 N–H and O–H groups in total. The molecule has 1 atom stereocenters. The first-order valence-electron chi connectivity index (χ1n) is 2.35. The van der Waals surface area contributed by atoms with Crippen molar-refractivity contribution >= 4 is 11.9 Å². The summed E-state index contributed by atoms with van der Waals surface area (Å²) in [5, 5.41) is 18.2. The van der Waals surface area contributed by atoms with Gasteiger partial charge < -0.3 is 10.2 Å². The fraction of sp³-hybridized carbons (Fsp3) is 0.500. The van der Waals surface area contributed by atoms with Gasteiger partial charge in [-0.25, -0.2) is 4.79 Å². The minimum atomic E-state index is -1.67. The van der Waals surface area contributed by atoms with Gasteiger partial charge >= 0.3 is 11.9 Å². The van der Waals surface area contributed by atoms with E-state index in [-0.39, 0.29) is 0 Å².